The molecule has 2 aromatic rings. The highest BCUT2D eigenvalue weighted by Crippen LogP contribution is 2.29. The smallest absolute Gasteiger partial charge is 0.263 e. The average Bonchev–Trinajstić information content (AvgIpc) is 2.31. The van der Waals surface area contributed by atoms with Crippen molar-refractivity contribution in [3.8, 4) is 0 Å². The van der Waals surface area contributed by atoms with Crippen molar-refractivity contribution in [2.45, 2.75) is 11.8 Å². The minimum atomic E-state index is -4.00. The average molecular weight is 349 g/mol. The van der Waals surface area contributed by atoms with Crippen LogP contribution in [0.25, 0.3) is 0 Å². The molecule has 0 aromatic heterocycles. The van der Waals surface area contributed by atoms with Gasteiger partial charge in [-0.15, -0.1) is 0 Å². The zero-order chi connectivity index (χ0) is 15.8. The van der Waals surface area contributed by atoms with Crippen molar-refractivity contribution in [2.24, 2.45) is 0 Å². The molecule has 0 bridgehead atoms. The lowest BCUT2D eigenvalue weighted by atomic mass is 10.2. The van der Waals surface area contributed by atoms with Gasteiger partial charge in [0.05, 0.1) is 10.7 Å². The van der Waals surface area contributed by atoms with Crippen molar-refractivity contribution in [1.82, 2.24) is 0 Å². The summed E-state index contributed by atoms with van der Waals surface area (Å²) in [6.45, 7) is 1.71. The number of hydrogen-bond donors (Lipinski definition) is 2. The molecule has 8 heteroatoms. The number of nitrogens with one attached hydrogen (secondary N) is 1. The van der Waals surface area contributed by atoms with E-state index >= 15 is 0 Å². The summed E-state index contributed by atoms with van der Waals surface area (Å²) in [5.41, 5.74) is 6.64. The van der Waals surface area contributed by atoms with Crippen LogP contribution in [0.4, 0.5) is 15.8 Å². The van der Waals surface area contributed by atoms with Gasteiger partial charge in [0.15, 0.2) is 0 Å². The van der Waals surface area contributed by atoms with Crippen LogP contribution < -0.4 is 10.5 Å². The van der Waals surface area contributed by atoms with E-state index in [1.807, 2.05) is 0 Å². The van der Waals surface area contributed by atoms with Crippen LogP contribution in [0.5, 0.6) is 0 Å². The first-order valence-electron chi connectivity index (χ1n) is 5.73. The molecule has 0 radical (unpaired) electrons. The van der Waals surface area contributed by atoms with Crippen molar-refractivity contribution < 1.29 is 12.8 Å². The highest BCUT2D eigenvalue weighted by molar-refractivity contribution is 7.92. The fourth-order valence-corrected chi connectivity index (χ4v) is 3.58. The topological polar surface area (TPSA) is 72.2 Å². The number of hydrogen-bond acceptors (Lipinski definition) is 3. The quantitative estimate of drug-likeness (QED) is 0.828. The SMILES string of the molecule is Cc1cc(Cl)c(S(=O)(=O)Nc2cc(F)cc(Cl)c2)cc1N. The Morgan fingerprint density at radius 2 is 1.81 bits per heavy atom. The van der Waals surface area contributed by atoms with E-state index < -0.39 is 15.8 Å². The maximum Gasteiger partial charge on any atom is 0.263 e. The second-order valence-corrected chi connectivity index (χ2v) is 6.90. The number of nitrogen functional groups attached to an aromatic ring is 1. The van der Waals surface area contributed by atoms with Crippen LogP contribution in [-0.4, -0.2) is 8.42 Å². The lowest BCUT2D eigenvalue weighted by Gasteiger charge is -2.12. The molecule has 0 fully saturated rings. The summed E-state index contributed by atoms with van der Waals surface area (Å²) in [4.78, 5) is -0.187. The number of benzene rings is 2. The van der Waals surface area contributed by atoms with Gasteiger partial charge in [-0.1, -0.05) is 23.2 Å². The van der Waals surface area contributed by atoms with Gasteiger partial charge >= 0.3 is 0 Å². The lowest BCUT2D eigenvalue weighted by Crippen LogP contribution is -2.14. The Hall–Kier alpha value is -1.50. The summed E-state index contributed by atoms with van der Waals surface area (Å²) < 4.78 is 40.0. The molecule has 0 aliphatic carbocycles. The highest BCUT2D eigenvalue weighted by Gasteiger charge is 2.20. The number of rotatable bonds is 3. The normalized spacial score (nSPS) is 11.4. The Kier molecular flexibility index (Phi) is 4.32. The molecule has 112 valence electrons. The Morgan fingerprint density at radius 3 is 2.43 bits per heavy atom. The molecule has 0 aliphatic rings. The second kappa shape index (κ2) is 5.71. The van der Waals surface area contributed by atoms with Gasteiger partial charge in [-0.25, -0.2) is 12.8 Å². The van der Waals surface area contributed by atoms with E-state index in [2.05, 4.69) is 4.72 Å². The number of aryl methyl sites for hydroxylation is 1. The van der Waals surface area contributed by atoms with E-state index in [9.17, 15) is 12.8 Å². The van der Waals surface area contributed by atoms with E-state index in [0.29, 0.717) is 5.56 Å². The first-order valence-corrected chi connectivity index (χ1v) is 7.97. The third-order valence-corrected chi connectivity index (χ3v) is 4.79. The first kappa shape index (κ1) is 15.9. The van der Waals surface area contributed by atoms with Crippen LogP contribution in [-0.2, 0) is 10.0 Å². The third kappa shape index (κ3) is 3.58. The molecular weight excluding hydrogens is 338 g/mol. The van der Waals surface area contributed by atoms with E-state index in [1.165, 1.54) is 18.2 Å². The summed E-state index contributed by atoms with van der Waals surface area (Å²) in [5.74, 6) is -0.658. The summed E-state index contributed by atoms with van der Waals surface area (Å²) in [7, 11) is -4.00. The molecule has 3 N–H and O–H groups in total. The van der Waals surface area contributed by atoms with Crippen molar-refractivity contribution in [3.05, 3.63) is 51.8 Å². The third-order valence-electron chi connectivity index (χ3n) is 2.72. The summed E-state index contributed by atoms with van der Waals surface area (Å²) in [6, 6.07) is 6.06. The van der Waals surface area contributed by atoms with Gasteiger partial charge in [-0.2, -0.15) is 0 Å². The van der Waals surface area contributed by atoms with Gasteiger partial charge in [-0.05, 0) is 42.8 Å². The van der Waals surface area contributed by atoms with Crippen LogP contribution in [0.15, 0.2) is 35.2 Å². The Labute approximate surface area is 131 Å². The predicted molar refractivity (Wildman–Crippen MR) is 82.8 cm³/mol. The number of anilines is 2. The highest BCUT2D eigenvalue weighted by atomic mass is 35.5. The van der Waals surface area contributed by atoms with Crippen LogP contribution in [0.1, 0.15) is 5.56 Å². The summed E-state index contributed by atoms with van der Waals surface area (Å²) in [6.07, 6.45) is 0. The molecular formula is C13H11Cl2FN2O2S. The van der Waals surface area contributed by atoms with Crippen LogP contribution in [0, 0.1) is 12.7 Å². The molecule has 0 spiro atoms. The zero-order valence-corrected chi connectivity index (χ0v) is 13.2. The van der Waals surface area contributed by atoms with Crippen LogP contribution in [0.3, 0.4) is 0 Å². The molecule has 2 rings (SSSR count). The lowest BCUT2D eigenvalue weighted by molar-refractivity contribution is 0.601. The van der Waals surface area contributed by atoms with E-state index in [1.54, 1.807) is 6.92 Å². The molecule has 0 heterocycles. The first-order chi connectivity index (χ1) is 9.69. The maximum absolute atomic E-state index is 13.2. The van der Waals surface area contributed by atoms with Crippen LogP contribution >= 0.6 is 23.2 Å². The number of sulfonamides is 1. The minimum Gasteiger partial charge on any atom is -0.398 e. The molecule has 0 unspecified atom stereocenters. The molecule has 0 amide bonds. The summed E-state index contributed by atoms with van der Waals surface area (Å²) >= 11 is 11.6. The monoisotopic (exact) mass is 348 g/mol. The Morgan fingerprint density at radius 1 is 1.14 bits per heavy atom. The van der Waals surface area contributed by atoms with Crippen molar-refractivity contribution in [2.75, 3.05) is 10.5 Å². The van der Waals surface area contributed by atoms with E-state index in [4.69, 9.17) is 28.9 Å². The van der Waals surface area contributed by atoms with Gasteiger partial charge in [0.1, 0.15) is 10.7 Å². The summed E-state index contributed by atoms with van der Waals surface area (Å²) in [5, 5.41) is 0.0962. The zero-order valence-electron chi connectivity index (χ0n) is 10.8. The minimum absolute atomic E-state index is 0.00443. The van der Waals surface area contributed by atoms with Gasteiger partial charge in [0, 0.05) is 10.7 Å². The molecule has 2 aromatic carbocycles. The second-order valence-electron chi connectivity index (χ2n) is 4.40. The van der Waals surface area contributed by atoms with Gasteiger partial charge in [0.2, 0.25) is 0 Å². The Balaban J connectivity index is 2.45. The van der Waals surface area contributed by atoms with Crippen LogP contribution in [0.2, 0.25) is 10.0 Å². The standard InChI is InChI=1S/C13H11Cl2FN2O2S/c1-7-2-11(15)13(6-12(7)17)21(19,20)18-10-4-8(14)3-9(16)5-10/h2-6,18H,17H2,1H3. The van der Waals surface area contributed by atoms with Gasteiger partial charge in [-0.3, -0.25) is 4.72 Å². The van der Waals surface area contributed by atoms with Crippen molar-refractivity contribution in [1.29, 1.82) is 0 Å². The maximum atomic E-state index is 13.2. The fourth-order valence-electron chi connectivity index (χ4n) is 1.70. The molecule has 0 saturated carbocycles. The number of nitrogens with two attached hydrogens (primary N) is 1. The molecule has 21 heavy (non-hydrogen) atoms. The van der Waals surface area contributed by atoms with Gasteiger partial charge in [0.25, 0.3) is 10.0 Å². The van der Waals surface area contributed by atoms with Crippen molar-refractivity contribution >= 4 is 44.6 Å². The van der Waals surface area contributed by atoms with E-state index in [0.717, 1.165) is 12.1 Å². The molecule has 0 atom stereocenters. The fraction of sp³-hybridized carbons (Fsp3) is 0.0769. The predicted octanol–water partition coefficient (Wildman–Crippen LogP) is 3.82. The number of halogens is 3. The molecule has 4 nitrogen and oxygen atoms in total. The largest absolute Gasteiger partial charge is 0.398 e. The van der Waals surface area contributed by atoms with Crippen molar-refractivity contribution in [3.63, 3.8) is 0 Å². The van der Waals surface area contributed by atoms with Gasteiger partial charge < -0.3 is 5.73 Å². The molecule has 0 aliphatic heterocycles. The Bertz CT molecular complexity index is 790. The van der Waals surface area contributed by atoms with E-state index in [-0.39, 0.29) is 26.3 Å². The molecule has 0 saturated heterocycles.